The second kappa shape index (κ2) is 9.53. The summed E-state index contributed by atoms with van der Waals surface area (Å²) < 4.78 is 1.09. The maximum Gasteiger partial charge on any atom is 0.223 e. The zero-order valence-corrected chi connectivity index (χ0v) is 19.2. The van der Waals surface area contributed by atoms with Gasteiger partial charge < -0.3 is 10.2 Å². The zero-order chi connectivity index (χ0) is 20.2. The first-order valence-electron chi connectivity index (χ1n) is 10.5. The van der Waals surface area contributed by atoms with Crippen molar-refractivity contribution in [1.82, 2.24) is 20.4 Å². The summed E-state index contributed by atoms with van der Waals surface area (Å²) in [6, 6.07) is 8.66. The maximum absolute atomic E-state index is 12.6. The molecule has 2 aromatic heterocycles. The minimum atomic E-state index is 0.110. The van der Waals surface area contributed by atoms with Gasteiger partial charge in [-0.2, -0.15) is 0 Å². The number of hydrogen-bond acceptors (Lipinski definition) is 6. The molecule has 2 aliphatic rings. The Labute approximate surface area is 184 Å². The lowest BCUT2D eigenvalue weighted by atomic mass is 9.95. The van der Waals surface area contributed by atoms with E-state index in [1.54, 1.807) is 11.3 Å². The van der Waals surface area contributed by atoms with Crippen molar-refractivity contribution >= 4 is 39.0 Å². The van der Waals surface area contributed by atoms with E-state index in [-0.39, 0.29) is 11.8 Å². The smallest absolute Gasteiger partial charge is 0.223 e. The minimum absolute atomic E-state index is 0.110. The van der Waals surface area contributed by atoms with Crippen molar-refractivity contribution < 1.29 is 4.79 Å². The molecule has 2 aliphatic heterocycles. The van der Waals surface area contributed by atoms with E-state index in [0.29, 0.717) is 6.04 Å². The number of likely N-dealkylation sites (tertiary alicyclic amines) is 1. The SMILES string of the molecule is CCN1CCCC1CNC(=O)C1CCN(c2ccc(-c3ccc(Br)s3)nn2)CC1. The number of likely N-dealkylation sites (N-methyl/N-ethyl adjacent to an activating group) is 1. The number of rotatable bonds is 6. The van der Waals surface area contributed by atoms with Crippen LogP contribution in [-0.4, -0.2) is 59.8 Å². The number of thiophene rings is 1. The van der Waals surface area contributed by atoms with Crippen molar-refractivity contribution in [3.8, 4) is 10.6 Å². The molecule has 2 fully saturated rings. The molecular weight excluding hydrogens is 450 g/mol. The highest BCUT2D eigenvalue weighted by Crippen LogP contribution is 2.30. The van der Waals surface area contributed by atoms with Crippen molar-refractivity contribution in [3.63, 3.8) is 0 Å². The first-order chi connectivity index (χ1) is 14.1. The largest absolute Gasteiger partial charge is 0.355 e. The van der Waals surface area contributed by atoms with Crippen molar-refractivity contribution in [3.05, 3.63) is 28.1 Å². The quantitative estimate of drug-likeness (QED) is 0.685. The van der Waals surface area contributed by atoms with Gasteiger partial charge in [0.1, 0.15) is 5.69 Å². The van der Waals surface area contributed by atoms with Crippen LogP contribution in [0.25, 0.3) is 10.6 Å². The molecule has 156 valence electrons. The first kappa shape index (κ1) is 20.8. The van der Waals surface area contributed by atoms with Crippen LogP contribution in [0.3, 0.4) is 0 Å². The van der Waals surface area contributed by atoms with Gasteiger partial charge in [0.15, 0.2) is 5.82 Å². The Morgan fingerprint density at radius 3 is 2.66 bits per heavy atom. The molecule has 4 rings (SSSR count). The number of carbonyl (C=O) groups excluding carboxylic acids is 1. The van der Waals surface area contributed by atoms with Gasteiger partial charge in [0.25, 0.3) is 0 Å². The van der Waals surface area contributed by atoms with E-state index in [2.05, 4.69) is 48.2 Å². The van der Waals surface area contributed by atoms with Gasteiger partial charge in [0, 0.05) is 31.6 Å². The molecule has 0 aromatic carbocycles. The highest BCUT2D eigenvalue weighted by atomic mass is 79.9. The third-order valence-corrected chi connectivity index (χ3v) is 7.73. The number of amides is 1. The Hall–Kier alpha value is -1.51. The molecule has 0 spiro atoms. The molecule has 6 nitrogen and oxygen atoms in total. The second-order valence-corrected chi connectivity index (χ2v) is 10.3. The Bertz CT molecular complexity index is 819. The molecule has 0 radical (unpaired) electrons. The van der Waals surface area contributed by atoms with Crippen LogP contribution < -0.4 is 10.2 Å². The Morgan fingerprint density at radius 2 is 2.00 bits per heavy atom. The summed E-state index contributed by atoms with van der Waals surface area (Å²) in [6.45, 7) is 6.92. The number of nitrogens with one attached hydrogen (secondary N) is 1. The van der Waals surface area contributed by atoms with Crippen molar-refractivity contribution in [2.45, 2.75) is 38.6 Å². The third kappa shape index (κ3) is 4.98. The van der Waals surface area contributed by atoms with Crippen molar-refractivity contribution in [2.75, 3.05) is 37.6 Å². The molecule has 0 aliphatic carbocycles. The summed E-state index contributed by atoms with van der Waals surface area (Å²) in [5, 5.41) is 12.0. The van der Waals surface area contributed by atoms with Gasteiger partial charge in [-0.25, -0.2) is 0 Å². The molecule has 0 bridgehead atoms. The average molecular weight is 478 g/mol. The monoisotopic (exact) mass is 477 g/mol. The average Bonchev–Trinajstić information content (AvgIpc) is 3.41. The topological polar surface area (TPSA) is 61.4 Å². The normalized spacial score (nSPS) is 20.9. The number of carbonyl (C=O) groups is 1. The molecule has 1 unspecified atom stereocenters. The lowest BCUT2D eigenvalue weighted by Gasteiger charge is -2.32. The molecule has 1 atom stereocenters. The molecule has 2 aromatic rings. The summed E-state index contributed by atoms with van der Waals surface area (Å²) in [5.74, 6) is 1.23. The number of piperidine rings is 1. The van der Waals surface area contributed by atoms with Crippen LogP contribution >= 0.6 is 27.3 Å². The van der Waals surface area contributed by atoms with Gasteiger partial charge >= 0.3 is 0 Å². The highest BCUT2D eigenvalue weighted by molar-refractivity contribution is 9.11. The fourth-order valence-corrected chi connectivity index (χ4v) is 5.70. The molecule has 1 N–H and O–H groups in total. The van der Waals surface area contributed by atoms with Gasteiger partial charge in [0.05, 0.1) is 8.66 Å². The van der Waals surface area contributed by atoms with E-state index in [1.165, 1.54) is 19.4 Å². The maximum atomic E-state index is 12.6. The summed E-state index contributed by atoms with van der Waals surface area (Å²) >= 11 is 5.14. The Kier molecular flexibility index (Phi) is 6.82. The summed E-state index contributed by atoms with van der Waals surface area (Å²) in [4.78, 5) is 18.4. The van der Waals surface area contributed by atoms with Gasteiger partial charge in [0.2, 0.25) is 5.91 Å². The Morgan fingerprint density at radius 1 is 1.17 bits per heavy atom. The molecule has 8 heteroatoms. The van der Waals surface area contributed by atoms with Crippen LogP contribution in [0.2, 0.25) is 0 Å². The number of anilines is 1. The van der Waals surface area contributed by atoms with E-state index < -0.39 is 0 Å². The molecule has 2 saturated heterocycles. The van der Waals surface area contributed by atoms with Crippen molar-refractivity contribution in [1.29, 1.82) is 0 Å². The predicted molar refractivity (Wildman–Crippen MR) is 121 cm³/mol. The van der Waals surface area contributed by atoms with Crippen LogP contribution in [0.15, 0.2) is 28.1 Å². The van der Waals surface area contributed by atoms with E-state index in [9.17, 15) is 4.79 Å². The standard InChI is InChI=1S/C21H28BrN5OS/c1-2-26-11-3-4-16(26)14-23-21(28)15-9-12-27(13-10-15)20-8-5-17(24-25-20)18-6-7-19(22)29-18/h5-8,15-16H,2-4,9-14H2,1H3,(H,23,28). The van der Waals surface area contributed by atoms with Gasteiger partial charge in [-0.15, -0.1) is 21.5 Å². The minimum Gasteiger partial charge on any atom is -0.355 e. The molecule has 1 amide bonds. The van der Waals surface area contributed by atoms with E-state index in [0.717, 1.165) is 59.2 Å². The lowest BCUT2D eigenvalue weighted by molar-refractivity contribution is -0.125. The van der Waals surface area contributed by atoms with E-state index in [4.69, 9.17) is 0 Å². The third-order valence-electron chi connectivity index (χ3n) is 6.08. The predicted octanol–water partition coefficient (Wildman–Crippen LogP) is 3.78. The first-order valence-corrected chi connectivity index (χ1v) is 12.1. The van der Waals surface area contributed by atoms with Gasteiger partial charge in [-0.1, -0.05) is 6.92 Å². The van der Waals surface area contributed by atoms with Crippen LogP contribution in [-0.2, 0) is 4.79 Å². The van der Waals surface area contributed by atoms with Crippen molar-refractivity contribution in [2.24, 2.45) is 5.92 Å². The molecule has 29 heavy (non-hydrogen) atoms. The molecule has 0 saturated carbocycles. The van der Waals surface area contributed by atoms with E-state index >= 15 is 0 Å². The van der Waals surface area contributed by atoms with Crippen LogP contribution in [0.1, 0.15) is 32.6 Å². The van der Waals surface area contributed by atoms with Crippen LogP contribution in [0, 0.1) is 5.92 Å². The number of nitrogens with zero attached hydrogens (tertiary/aromatic N) is 4. The Balaban J connectivity index is 1.26. The highest BCUT2D eigenvalue weighted by Gasteiger charge is 2.28. The lowest BCUT2D eigenvalue weighted by Crippen LogP contribution is -2.45. The summed E-state index contributed by atoms with van der Waals surface area (Å²) in [7, 11) is 0. The summed E-state index contributed by atoms with van der Waals surface area (Å²) in [5.41, 5.74) is 0.895. The zero-order valence-electron chi connectivity index (χ0n) is 16.8. The second-order valence-electron chi connectivity index (χ2n) is 7.81. The molecule has 4 heterocycles. The summed E-state index contributed by atoms with van der Waals surface area (Å²) in [6.07, 6.45) is 4.19. The van der Waals surface area contributed by atoms with Crippen LogP contribution in [0.5, 0.6) is 0 Å². The fraction of sp³-hybridized carbons (Fsp3) is 0.571. The van der Waals surface area contributed by atoms with E-state index in [1.807, 2.05) is 24.3 Å². The molecular formula is C21H28BrN5OS. The number of hydrogen-bond donors (Lipinski definition) is 1. The van der Waals surface area contributed by atoms with Gasteiger partial charge in [-0.05, 0) is 79.0 Å². The van der Waals surface area contributed by atoms with Crippen LogP contribution in [0.4, 0.5) is 5.82 Å². The number of halogens is 1. The fourth-order valence-electron chi connectivity index (χ4n) is 4.35. The van der Waals surface area contributed by atoms with Gasteiger partial charge in [-0.3, -0.25) is 9.69 Å². The number of aromatic nitrogens is 2.